The lowest BCUT2D eigenvalue weighted by molar-refractivity contribution is -0.141. The summed E-state index contributed by atoms with van der Waals surface area (Å²) in [6.45, 7) is 2.41. The zero-order chi connectivity index (χ0) is 33.1. The van der Waals surface area contributed by atoms with Gasteiger partial charge in [-0.3, -0.25) is 13.9 Å². The standard InChI is InChI=1S/C35H43Cl2N3O5S/c1-3-45-33-18-11-10-17-31(33)40(46(2,43)44)22-12-19-34(41)39(25-27-20-21-29(36)30(37)23-27)32(24-26-13-6-4-7-14-26)35(42)38-28-15-8-5-9-16-28/h4,6-7,10-11,13-14,17-18,20-21,23,28,32H,3,5,8-9,12,15-16,19,22,24-25H2,1-2H3,(H,38,42)/t32-/m1/s1. The molecule has 1 saturated carbocycles. The second kappa shape index (κ2) is 17.0. The molecule has 1 atom stereocenters. The predicted octanol–water partition coefficient (Wildman–Crippen LogP) is 7.03. The van der Waals surface area contributed by atoms with Gasteiger partial charge in [-0.15, -0.1) is 0 Å². The zero-order valence-electron chi connectivity index (χ0n) is 26.5. The molecule has 1 fully saturated rings. The summed E-state index contributed by atoms with van der Waals surface area (Å²) in [5.41, 5.74) is 2.07. The lowest BCUT2D eigenvalue weighted by atomic mass is 9.94. The van der Waals surface area contributed by atoms with Gasteiger partial charge in [0.15, 0.2) is 0 Å². The van der Waals surface area contributed by atoms with Gasteiger partial charge in [-0.1, -0.05) is 91.0 Å². The number of anilines is 1. The Hall–Kier alpha value is -3.27. The summed E-state index contributed by atoms with van der Waals surface area (Å²) in [7, 11) is -3.68. The smallest absolute Gasteiger partial charge is 0.243 e. The summed E-state index contributed by atoms with van der Waals surface area (Å²) in [5, 5.41) is 3.99. The molecule has 46 heavy (non-hydrogen) atoms. The summed E-state index contributed by atoms with van der Waals surface area (Å²) in [5.74, 6) is -0.0183. The molecule has 1 aliphatic rings. The van der Waals surface area contributed by atoms with Gasteiger partial charge in [-0.2, -0.15) is 0 Å². The number of rotatable bonds is 15. The van der Waals surface area contributed by atoms with Crippen molar-refractivity contribution >= 4 is 50.7 Å². The number of amides is 2. The van der Waals surface area contributed by atoms with E-state index in [0.717, 1.165) is 49.5 Å². The molecule has 1 aliphatic carbocycles. The first kappa shape index (κ1) is 35.6. The van der Waals surface area contributed by atoms with Crippen LogP contribution >= 0.6 is 23.2 Å². The molecule has 0 aromatic heterocycles. The van der Waals surface area contributed by atoms with Crippen LogP contribution in [0.5, 0.6) is 5.75 Å². The molecule has 0 radical (unpaired) electrons. The van der Waals surface area contributed by atoms with Crippen LogP contribution in [0.2, 0.25) is 10.0 Å². The van der Waals surface area contributed by atoms with E-state index in [9.17, 15) is 18.0 Å². The molecule has 0 bridgehead atoms. The van der Waals surface area contributed by atoms with Gasteiger partial charge in [0.25, 0.3) is 0 Å². The van der Waals surface area contributed by atoms with Crippen LogP contribution in [-0.4, -0.2) is 56.6 Å². The fraction of sp³-hybridized carbons (Fsp3) is 0.429. The van der Waals surface area contributed by atoms with Crippen LogP contribution in [0.15, 0.2) is 72.8 Å². The number of nitrogens with zero attached hydrogens (tertiary/aromatic N) is 2. The first-order valence-electron chi connectivity index (χ1n) is 15.8. The number of hydrogen-bond acceptors (Lipinski definition) is 5. The summed E-state index contributed by atoms with van der Waals surface area (Å²) in [4.78, 5) is 29.8. The van der Waals surface area contributed by atoms with Crippen LogP contribution in [0.25, 0.3) is 0 Å². The zero-order valence-corrected chi connectivity index (χ0v) is 28.8. The quantitative estimate of drug-likeness (QED) is 0.185. The van der Waals surface area contributed by atoms with Crippen molar-refractivity contribution in [3.8, 4) is 5.75 Å². The van der Waals surface area contributed by atoms with Gasteiger partial charge in [-0.05, 0) is 61.6 Å². The Labute approximate surface area is 283 Å². The van der Waals surface area contributed by atoms with Crippen LogP contribution < -0.4 is 14.4 Å². The Bertz CT molecular complexity index is 1570. The molecule has 1 N–H and O–H groups in total. The maximum atomic E-state index is 14.2. The summed E-state index contributed by atoms with van der Waals surface area (Å²) in [6, 6.07) is 21.0. The summed E-state index contributed by atoms with van der Waals surface area (Å²) >= 11 is 12.5. The van der Waals surface area contributed by atoms with Gasteiger partial charge >= 0.3 is 0 Å². The molecule has 2 amide bonds. The number of para-hydroxylation sites is 2. The topological polar surface area (TPSA) is 96.0 Å². The number of carbonyl (C=O) groups is 2. The van der Waals surface area contributed by atoms with Crippen LogP contribution in [0.1, 0.15) is 63.0 Å². The van der Waals surface area contributed by atoms with Crippen molar-refractivity contribution in [1.29, 1.82) is 0 Å². The molecule has 0 spiro atoms. The van der Waals surface area contributed by atoms with Crippen LogP contribution in [0.3, 0.4) is 0 Å². The molecule has 4 rings (SSSR count). The highest BCUT2D eigenvalue weighted by molar-refractivity contribution is 7.92. The first-order valence-corrected chi connectivity index (χ1v) is 18.4. The number of halogens is 2. The Morgan fingerprint density at radius 3 is 2.30 bits per heavy atom. The third-order valence-corrected chi connectivity index (χ3v) is 10.1. The fourth-order valence-electron chi connectivity index (χ4n) is 5.86. The first-order chi connectivity index (χ1) is 22.1. The van der Waals surface area contributed by atoms with Crippen molar-refractivity contribution in [3.63, 3.8) is 0 Å². The molecule has 11 heteroatoms. The molecule has 248 valence electrons. The van der Waals surface area contributed by atoms with E-state index < -0.39 is 16.1 Å². The average molecular weight is 689 g/mol. The number of nitrogens with one attached hydrogen (secondary N) is 1. The average Bonchev–Trinajstić information content (AvgIpc) is 3.03. The lowest BCUT2D eigenvalue weighted by Gasteiger charge is -2.34. The third kappa shape index (κ3) is 10.1. The van der Waals surface area contributed by atoms with Crippen molar-refractivity contribution in [2.24, 2.45) is 0 Å². The number of sulfonamides is 1. The number of ether oxygens (including phenoxy) is 1. The van der Waals surface area contributed by atoms with E-state index >= 15 is 0 Å². The van der Waals surface area contributed by atoms with E-state index in [1.54, 1.807) is 47.4 Å². The molecule has 0 unspecified atom stereocenters. The van der Waals surface area contributed by atoms with Crippen molar-refractivity contribution < 1.29 is 22.7 Å². The lowest BCUT2D eigenvalue weighted by Crippen LogP contribution is -2.53. The van der Waals surface area contributed by atoms with Crippen molar-refractivity contribution in [1.82, 2.24) is 10.2 Å². The van der Waals surface area contributed by atoms with Gasteiger partial charge in [0.05, 0.1) is 28.6 Å². The Morgan fingerprint density at radius 1 is 0.935 bits per heavy atom. The van der Waals surface area contributed by atoms with Crippen molar-refractivity contribution in [2.75, 3.05) is 23.7 Å². The molecular weight excluding hydrogens is 645 g/mol. The number of benzene rings is 3. The van der Waals surface area contributed by atoms with E-state index in [0.29, 0.717) is 34.5 Å². The number of carbonyl (C=O) groups excluding carboxylic acids is 2. The summed E-state index contributed by atoms with van der Waals surface area (Å²) < 4.78 is 32.7. The molecule has 8 nitrogen and oxygen atoms in total. The van der Waals surface area contributed by atoms with Crippen molar-refractivity contribution in [2.45, 2.75) is 76.9 Å². The molecule has 0 saturated heterocycles. The minimum absolute atomic E-state index is 0.0200. The second-order valence-corrected chi connectivity index (χ2v) is 14.4. The van der Waals surface area contributed by atoms with E-state index in [1.165, 1.54) is 4.31 Å². The van der Waals surface area contributed by atoms with Gasteiger partial charge in [0.1, 0.15) is 11.8 Å². The predicted molar refractivity (Wildman–Crippen MR) is 185 cm³/mol. The highest BCUT2D eigenvalue weighted by Crippen LogP contribution is 2.31. The maximum absolute atomic E-state index is 14.2. The van der Waals surface area contributed by atoms with E-state index in [-0.39, 0.29) is 43.8 Å². The second-order valence-electron chi connectivity index (χ2n) is 11.7. The normalized spacial score (nSPS) is 14.3. The molecule has 0 heterocycles. The molecule has 3 aromatic rings. The van der Waals surface area contributed by atoms with Crippen LogP contribution in [0.4, 0.5) is 5.69 Å². The Kier molecular flexibility index (Phi) is 13.2. The molecule has 0 aliphatic heterocycles. The van der Waals surface area contributed by atoms with E-state index in [4.69, 9.17) is 27.9 Å². The highest BCUT2D eigenvalue weighted by Gasteiger charge is 2.32. The third-order valence-electron chi connectivity index (χ3n) is 8.15. The Balaban J connectivity index is 1.62. The minimum atomic E-state index is -3.68. The van der Waals surface area contributed by atoms with Crippen LogP contribution in [0, 0.1) is 0 Å². The number of hydrogen-bond donors (Lipinski definition) is 1. The van der Waals surface area contributed by atoms with Crippen LogP contribution in [-0.2, 0) is 32.6 Å². The van der Waals surface area contributed by atoms with Gasteiger partial charge in [0, 0.05) is 32.0 Å². The molecular formula is C35H43Cl2N3O5S. The maximum Gasteiger partial charge on any atom is 0.243 e. The minimum Gasteiger partial charge on any atom is -0.492 e. The highest BCUT2D eigenvalue weighted by atomic mass is 35.5. The monoisotopic (exact) mass is 687 g/mol. The van der Waals surface area contributed by atoms with E-state index in [2.05, 4.69) is 5.32 Å². The largest absolute Gasteiger partial charge is 0.492 e. The van der Waals surface area contributed by atoms with E-state index in [1.807, 2.05) is 37.3 Å². The van der Waals surface area contributed by atoms with Gasteiger partial charge < -0.3 is 15.0 Å². The molecule has 3 aromatic carbocycles. The van der Waals surface area contributed by atoms with Gasteiger partial charge in [-0.25, -0.2) is 8.42 Å². The SMILES string of the molecule is CCOc1ccccc1N(CCCC(=O)N(Cc1ccc(Cl)c(Cl)c1)[C@H](Cc1ccccc1)C(=O)NC1CCCCC1)S(C)(=O)=O. The Morgan fingerprint density at radius 2 is 1.63 bits per heavy atom. The fourth-order valence-corrected chi connectivity index (χ4v) is 7.15. The summed E-state index contributed by atoms with van der Waals surface area (Å²) in [6.07, 6.45) is 6.81. The van der Waals surface area contributed by atoms with Gasteiger partial charge in [0.2, 0.25) is 21.8 Å². The van der Waals surface area contributed by atoms with Crippen molar-refractivity contribution in [3.05, 3.63) is 94.0 Å².